The molecule has 0 aliphatic heterocycles. The molecule has 1 amide bonds. The molecule has 0 spiro atoms. The Hall–Kier alpha value is -3.15. The zero-order chi connectivity index (χ0) is 21.6. The van der Waals surface area contributed by atoms with Crippen molar-refractivity contribution in [2.24, 2.45) is 0 Å². The van der Waals surface area contributed by atoms with Crippen molar-refractivity contribution in [2.45, 2.75) is 46.1 Å². The highest BCUT2D eigenvalue weighted by Gasteiger charge is 2.19. The molecule has 0 unspecified atom stereocenters. The molecule has 1 atom stereocenters. The van der Waals surface area contributed by atoms with E-state index < -0.39 is 18.0 Å². The second-order valence-electron chi connectivity index (χ2n) is 7.82. The zero-order valence-electron chi connectivity index (χ0n) is 17.4. The van der Waals surface area contributed by atoms with Crippen molar-refractivity contribution in [1.82, 2.24) is 0 Å². The van der Waals surface area contributed by atoms with E-state index in [9.17, 15) is 14.4 Å². The minimum absolute atomic E-state index is 0.0319. The molecule has 2 rings (SSSR count). The van der Waals surface area contributed by atoms with E-state index in [0.29, 0.717) is 17.0 Å². The van der Waals surface area contributed by atoms with Gasteiger partial charge in [-0.05, 0) is 49.1 Å². The monoisotopic (exact) mass is 397 g/mol. The van der Waals surface area contributed by atoms with Gasteiger partial charge in [-0.2, -0.15) is 0 Å². The molecule has 6 nitrogen and oxygen atoms in total. The van der Waals surface area contributed by atoms with Crippen LogP contribution in [0, 0.1) is 0 Å². The predicted molar refractivity (Wildman–Crippen MR) is 111 cm³/mol. The number of carbonyl (C=O) groups is 3. The number of Topliss-reactive ketones (excluding diaryl/α,β-unsaturated/α-hetero) is 1. The van der Waals surface area contributed by atoms with Gasteiger partial charge in [-0.25, -0.2) is 4.79 Å². The van der Waals surface area contributed by atoms with Gasteiger partial charge in [0.05, 0.1) is 0 Å². The highest BCUT2D eigenvalue weighted by molar-refractivity contribution is 5.98. The van der Waals surface area contributed by atoms with Crippen LogP contribution in [-0.4, -0.2) is 30.4 Å². The van der Waals surface area contributed by atoms with Gasteiger partial charge in [0, 0.05) is 11.3 Å². The molecule has 0 fully saturated rings. The normalized spacial score (nSPS) is 12.0. The standard InChI is InChI=1S/C23H27NO5/c1-15(25)17-7-6-8-19(13-17)24-22(27)16(2)29-21(26)14-28-20-11-9-18(10-12-20)23(3,4)5/h6-13,16H,14H2,1-5H3,(H,24,27)/t16-/m1/s1. The number of ketones is 1. The molecule has 0 saturated carbocycles. The van der Waals surface area contributed by atoms with Gasteiger partial charge in [0.1, 0.15) is 5.75 Å². The van der Waals surface area contributed by atoms with E-state index in [2.05, 4.69) is 26.1 Å². The van der Waals surface area contributed by atoms with Gasteiger partial charge in [0.25, 0.3) is 5.91 Å². The van der Waals surface area contributed by atoms with E-state index in [1.54, 1.807) is 36.4 Å². The third-order valence-corrected chi connectivity index (χ3v) is 4.29. The molecule has 6 heteroatoms. The summed E-state index contributed by atoms with van der Waals surface area (Å²) in [6.07, 6.45) is -1.00. The van der Waals surface area contributed by atoms with Gasteiger partial charge in [0.15, 0.2) is 18.5 Å². The van der Waals surface area contributed by atoms with Gasteiger partial charge in [0.2, 0.25) is 0 Å². The molecule has 0 heterocycles. The Kier molecular flexibility index (Phi) is 7.15. The maximum atomic E-state index is 12.2. The van der Waals surface area contributed by atoms with Gasteiger partial charge < -0.3 is 14.8 Å². The van der Waals surface area contributed by atoms with Crippen molar-refractivity contribution in [3.8, 4) is 5.75 Å². The summed E-state index contributed by atoms with van der Waals surface area (Å²) in [6, 6.07) is 14.0. The highest BCUT2D eigenvalue weighted by Crippen LogP contribution is 2.24. The van der Waals surface area contributed by atoms with Crippen LogP contribution in [0.4, 0.5) is 5.69 Å². The lowest BCUT2D eigenvalue weighted by Crippen LogP contribution is -2.31. The molecule has 1 N–H and O–H groups in total. The fourth-order valence-electron chi connectivity index (χ4n) is 2.54. The van der Waals surface area contributed by atoms with Crippen LogP contribution in [0.1, 0.15) is 50.5 Å². The zero-order valence-corrected chi connectivity index (χ0v) is 17.4. The Morgan fingerprint density at radius 1 is 1.03 bits per heavy atom. The van der Waals surface area contributed by atoms with Gasteiger partial charge in [-0.3, -0.25) is 9.59 Å². The fraction of sp³-hybridized carbons (Fsp3) is 0.348. The Morgan fingerprint density at radius 3 is 2.28 bits per heavy atom. The third-order valence-electron chi connectivity index (χ3n) is 4.29. The molecule has 2 aromatic rings. The molecule has 154 valence electrons. The van der Waals surface area contributed by atoms with Crippen molar-refractivity contribution < 1.29 is 23.9 Å². The van der Waals surface area contributed by atoms with Crippen molar-refractivity contribution in [2.75, 3.05) is 11.9 Å². The van der Waals surface area contributed by atoms with E-state index in [0.717, 1.165) is 5.56 Å². The number of hydrogen-bond donors (Lipinski definition) is 1. The fourth-order valence-corrected chi connectivity index (χ4v) is 2.54. The number of nitrogens with one attached hydrogen (secondary N) is 1. The van der Waals surface area contributed by atoms with Crippen LogP contribution in [0.15, 0.2) is 48.5 Å². The molecule has 0 aliphatic rings. The highest BCUT2D eigenvalue weighted by atomic mass is 16.6. The minimum atomic E-state index is -1.00. The van der Waals surface area contributed by atoms with Crippen LogP contribution < -0.4 is 10.1 Å². The van der Waals surface area contributed by atoms with E-state index in [4.69, 9.17) is 9.47 Å². The number of anilines is 1. The summed E-state index contributed by atoms with van der Waals surface area (Å²) in [5.74, 6) is -0.694. The first-order valence-corrected chi connectivity index (χ1v) is 9.41. The maximum Gasteiger partial charge on any atom is 0.344 e. The van der Waals surface area contributed by atoms with Crippen LogP contribution in [-0.2, 0) is 19.7 Å². The smallest absolute Gasteiger partial charge is 0.344 e. The first-order valence-electron chi connectivity index (χ1n) is 9.41. The Bertz CT molecular complexity index is 881. The molecular weight excluding hydrogens is 370 g/mol. The number of hydrogen-bond acceptors (Lipinski definition) is 5. The van der Waals surface area contributed by atoms with Crippen molar-refractivity contribution in [1.29, 1.82) is 0 Å². The number of ether oxygens (including phenoxy) is 2. The Balaban J connectivity index is 1.84. The minimum Gasteiger partial charge on any atom is -0.482 e. The van der Waals surface area contributed by atoms with E-state index in [1.165, 1.54) is 13.8 Å². The van der Waals surface area contributed by atoms with E-state index >= 15 is 0 Å². The quantitative estimate of drug-likeness (QED) is 0.561. The summed E-state index contributed by atoms with van der Waals surface area (Å²) < 4.78 is 10.6. The largest absolute Gasteiger partial charge is 0.482 e. The van der Waals surface area contributed by atoms with E-state index in [1.807, 2.05) is 12.1 Å². The number of rotatable bonds is 7. The molecule has 0 aromatic heterocycles. The van der Waals surface area contributed by atoms with Gasteiger partial charge in [-0.1, -0.05) is 45.0 Å². The van der Waals surface area contributed by atoms with Crippen molar-refractivity contribution in [3.63, 3.8) is 0 Å². The molecule has 0 bridgehead atoms. The number of benzene rings is 2. The second-order valence-corrected chi connectivity index (χ2v) is 7.82. The summed E-state index contributed by atoms with van der Waals surface area (Å²) in [7, 11) is 0. The third kappa shape index (κ3) is 6.75. The Labute approximate surface area is 171 Å². The van der Waals surface area contributed by atoms with Crippen molar-refractivity contribution >= 4 is 23.3 Å². The topological polar surface area (TPSA) is 81.7 Å². The molecular formula is C23H27NO5. The molecule has 0 aliphatic carbocycles. The molecule has 2 aromatic carbocycles. The lowest BCUT2D eigenvalue weighted by Gasteiger charge is -2.19. The summed E-state index contributed by atoms with van der Waals surface area (Å²) in [5, 5.41) is 2.63. The average Bonchev–Trinajstić information content (AvgIpc) is 2.66. The molecule has 0 saturated heterocycles. The lowest BCUT2D eigenvalue weighted by molar-refractivity contribution is -0.155. The number of esters is 1. The second kappa shape index (κ2) is 9.37. The summed E-state index contributed by atoms with van der Waals surface area (Å²) in [4.78, 5) is 35.6. The molecule has 29 heavy (non-hydrogen) atoms. The van der Waals surface area contributed by atoms with Gasteiger partial charge in [-0.15, -0.1) is 0 Å². The van der Waals surface area contributed by atoms with E-state index in [-0.39, 0.29) is 17.8 Å². The van der Waals surface area contributed by atoms with Crippen LogP contribution >= 0.6 is 0 Å². The number of carbonyl (C=O) groups excluding carboxylic acids is 3. The van der Waals surface area contributed by atoms with Gasteiger partial charge >= 0.3 is 5.97 Å². The summed E-state index contributed by atoms with van der Waals surface area (Å²) >= 11 is 0. The van der Waals surface area contributed by atoms with Crippen LogP contribution in [0.5, 0.6) is 5.75 Å². The summed E-state index contributed by atoms with van der Waals surface area (Å²) in [5.41, 5.74) is 2.13. The first-order chi connectivity index (χ1) is 13.6. The summed E-state index contributed by atoms with van der Waals surface area (Å²) in [6.45, 7) is 8.96. The number of amides is 1. The predicted octanol–water partition coefficient (Wildman–Crippen LogP) is 4.14. The molecule has 0 radical (unpaired) electrons. The first kappa shape index (κ1) is 22.1. The van der Waals surface area contributed by atoms with Crippen LogP contribution in [0.3, 0.4) is 0 Å². The SMILES string of the molecule is CC(=O)c1cccc(NC(=O)[C@@H](C)OC(=O)COc2ccc(C(C)(C)C)cc2)c1. The van der Waals surface area contributed by atoms with Crippen molar-refractivity contribution in [3.05, 3.63) is 59.7 Å². The average molecular weight is 397 g/mol. The maximum absolute atomic E-state index is 12.2. The van der Waals surface area contributed by atoms with Crippen LogP contribution in [0.25, 0.3) is 0 Å². The Morgan fingerprint density at radius 2 is 1.69 bits per heavy atom. The van der Waals surface area contributed by atoms with Crippen LogP contribution in [0.2, 0.25) is 0 Å². The lowest BCUT2D eigenvalue weighted by atomic mass is 9.87.